The van der Waals surface area contributed by atoms with Gasteiger partial charge in [0.25, 0.3) is 0 Å². The SMILES string of the molecule is CC1CCC2(OC1)OC1CC3C4CC(=O)C5CC(=O)CCC5(C)C4CC(=O)C3(C)C1C2C. The number of hydrogen-bond donors (Lipinski definition) is 0. The number of carbonyl (C=O) groups excluding carboxylic acids is 3. The second-order valence-corrected chi connectivity index (χ2v) is 12.7. The summed E-state index contributed by atoms with van der Waals surface area (Å²) >= 11 is 0. The molecule has 2 aliphatic heterocycles. The van der Waals surface area contributed by atoms with E-state index in [0.29, 0.717) is 37.4 Å². The van der Waals surface area contributed by atoms with Crippen LogP contribution in [0.1, 0.15) is 79.1 Å². The van der Waals surface area contributed by atoms with E-state index in [0.717, 1.165) is 32.3 Å². The van der Waals surface area contributed by atoms with Gasteiger partial charge in [-0.25, -0.2) is 0 Å². The van der Waals surface area contributed by atoms with Crippen LogP contribution >= 0.6 is 0 Å². The molecule has 2 saturated heterocycles. The molecular formula is C27H38O5. The number of ether oxygens (including phenoxy) is 2. The van der Waals surface area contributed by atoms with Gasteiger partial charge in [-0.15, -0.1) is 0 Å². The predicted octanol–water partition coefficient (Wildman–Crippen LogP) is 4.36. The van der Waals surface area contributed by atoms with Crippen molar-refractivity contribution in [3.05, 3.63) is 0 Å². The van der Waals surface area contributed by atoms with Crippen molar-refractivity contribution in [2.45, 2.75) is 91.0 Å². The Morgan fingerprint density at radius 2 is 1.75 bits per heavy atom. The van der Waals surface area contributed by atoms with Crippen LogP contribution in [0.4, 0.5) is 0 Å². The third-order valence-electron chi connectivity index (χ3n) is 11.4. The maximum absolute atomic E-state index is 14.0. The zero-order chi connectivity index (χ0) is 22.6. The minimum absolute atomic E-state index is 0.0460. The van der Waals surface area contributed by atoms with Gasteiger partial charge in [-0.2, -0.15) is 0 Å². The minimum atomic E-state index is -0.532. The van der Waals surface area contributed by atoms with Crippen LogP contribution in [0.5, 0.6) is 0 Å². The van der Waals surface area contributed by atoms with Gasteiger partial charge in [-0.3, -0.25) is 14.4 Å². The van der Waals surface area contributed by atoms with Crippen molar-refractivity contribution in [2.24, 2.45) is 52.3 Å². The van der Waals surface area contributed by atoms with Crippen LogP contribution in [0.2, 0.25) is 0 Å². The molecule has 0 bridgehead atoms. The summed E-state index contributed by atoms with van der Waals surface area (Å²) in [6.07, 6.45) is 5.74. The summed E-state index contributed by atoms with van der Waals surface area (Å²) in [6.45, 7) is 9.59. The normalized spacial score (nSPS) is 57.2. The minimum Gasteiger partial charge on any atom is -0.349 e. The summed E-state index contributed by atoms with van der Waals surface area (Å²) in [6, 6.07) is 0. The molecule has 4 aliphatic carbocycles. The monoisotopic (exact) mass is 442 g/mol. The van der Waals surface area contributed by atoms with Gasteiger partial charge in [-0.1, -0.05) is 27.7 Å². The highest BCUT2D eigenvalue weighted by atomic mass is 16.7. The predicted molar refractivity (Wildman–Crippen MR) is 118 cm³/mol. The Balaban J connectivity index is 1.33. The zero-order valence-electron chi connectivity index (χ0n) is 20.0. The van der Waals surface area contributed by atoms with E-state index in [2.05, 4.69) is 27.7 Å². The Morgan fingerprint density at radius 3 is 2.47 bits per heavy atom. The molecule has 4 saturated carbocycles. The quantitative estimate of drug-likeness (QED) is 0.557. The second kappa shape index (κ2) is 6.75. The number of hydrogen-bond acceptors (Lipinski definition) is 5. The van der Waals surface area contributed by atoms with Gasteiger partial charge in [0.05, 0.1) is 12.7 Å². The van der Waals surface area contributed by atoms with Crippen LogP contribution < -0.4 is 0 Å². The fourth-order valence-corrected chi connectivity index (χ4v) is 9.53. The average molecular weight is 443 g/mol. The maximum atomic E-state index is 14.0. The Hall–Kier alpha value is -1.07. The third-order valence-corrected chi connectivity index (χ3v) is 11.4. The van der Waals surface area contributed by atoms with Crippen LogP contribution in [0.15, 0.2) is 0 Å². The number of rotatable bonds is 0. The largest absolute Gasteiger partial charge is 0.349 e. The highest BCUT2D eigenvalue weighted by Gasteiger charge is 2.72. The summed E-state index contributed by atoms with van der Waals surface area (Å²) in [5.74, 6) is 1.72. The van der Waals surface area contributed by atoms with E-state index < -0.39 is 11.2 Å². The molecule has 0 amide bonds. The van der Waals surface area contributed by atoms with Crippen molar-refractivity contribution >= 4 is 17.3 Å². The average Bonchev–Trinajstić information content (AvgIpc) is 3.19. The highest BCUT2D eigenvalue weighted by molar-refractivity contribution is 5.93. The van der Waals surface area contributed by atoms with Gasteiger partial charge >= 0.3 is 0 Å². The first kappa shape index (κ1) is 21.5. The molecule has 0 N–H and O–H groups in total. The Kier molecular flexibility index (Phi) is 4.53. The Labute approximate surface area is 191 Å². The molecule has 1 spiro atoms. The van der Waals surface area contributed by atoms with Gasteiger partial charge in [0.2, 0.25) is 0 Å². The lowest BCUT2D eigenvalue weighted by molar-refractivity contribution is -0.272. The second-order valence-electron chi connectivity index (χ2n) is 12.7. The van der Waals surface area contributed by atoms with Crippen molar-refractivity contribution in [1.82, 2.24) is 0 Å². The molecule has 11 atom stereocenters. The van der Waals surface area contributed by atoms with E-state index >= 15 is 0 Å². The summed E-state index contributed by atoms with van der Waals surface area (Å²) < 4.78 is 13.1. The fourth-order valence-electron chi connectivity index (χ4n) is 9.53. The zero-order valence-corrected chi connectivity index (χ0v) is 20.0. The first-order valence-electron chi connectivity index (χ1n) is 13.0. The van der Waals surface area contributed by atoms with E-state index in [-0.39, 0.29) is 58.6 Å². The lowest BCUT2D eigenvalue weighted by atomic mass is 9.44. The third kappa shape index (κ3) is 2.56. The van der Waals surface area contributed by atoms with Crippen molar-refractivity contribution in [1.29, 1.82) is 0 Å². The summed E-state index contributed by atoms with van der Waals surface area (Å²) in [5, 5.41) is 0. The molecule has 32 heavy (non-hydrogen) atoms. The van der Waals surface area contributed by atoms with Crippen LogP contribution in [-0.2, 0) is 23.9 Å². The van der Waals surface area contributed by atoms with Crippen molar-refractivity contribution in [2.75, 3.05) is 6.61 Å². The van der Waals surface area contributed by atoms with Crippen LogP contribution in [0, 0.1) is 52.3 Å². The van der Waals surface area contributed by atoms with E-state index in [1.54, 1.807) is 0 Å². The summed E-state index contributed by atoms with van der Waals surface area (Å²) in [7, 11) is 0. The molecule has 176 valence electrons. The van der Waals surface area contributed by atoms with Crippen LogP contribution in [-0.4, -0.2) is 35.8 Å². The molecular weight excluding hydrogens is 404 g/mol. The van der Waals surface area contributed by atoms with Gasteiger partial charge in [0.15, 0.2) is 5.79 Å². The summed E-state index contributed by atoms with van der Waals surface area (Å²) in [4.78, 5) is 39.4. The molecule has 0 aromatic rings. The first-order chi connectivity index (χ1) is 15.1. The molecule has 5 heteroatoms. The van der Waals surface area contributed by atoms with E-state index in [1.165, 1.54) is 0 Å². The number of fused-ring (bicyclic) bond motifs is 7. The van der Waals surface area contributed by atoms with Crippen molar-refractivity contribution in [3.8, 4) is 0 Å². The molecule has 6 aliphatic rings. The van der Waals surface area contributed by atoms with Gasteiger partial charge in [0.1, 0.15) is 17.3 Å². The number of carbonyl (C=O) groups is 3. The standard InChI is InChI=1S/C27H38O5/c1-14-5-8-27(31-13-14)15(2)24-22(32-27)11-19-17-10-21(29)20-9-16(28)6-7-25(20,3)18(17)12-23(30)26(19,24)4/h14-15,17-20,22,24H,5-13H2,1-4H3. The van der Waals surface area contributed by atoms with Gasteiger partial charge in [-0.05, 0) is 48.3 Å². The van der Waals surface area contributed by atoms with Crippen molar-refractivity contribution in [3.63, 3.8) is 0 Å². The molecule has 0 aromatic heterocycles. The first-order valence-corrected chi connectivity index (χ1v) is 13.0. The highest BCUT2D eigenvalue weighted by Crippen LogP contribution is 2.69. The van der Waals surface area contributed by atoms with Crippen LogP contribution in [0.3, 0.4) is 0 Å². The maximum Gasteiger partial charge on any atom is 0.171 e. The summed E-state index contributed by atoms with van der Waals surface area (Å²) in [5.41, 5.74) is -0.645. The molecule has 0 aromatic carbocycles. The topological polar surface area (TPSA) is 69.7 Å². The van der Waals surface area contributed by atoms with E-state index in [4.69, 9.17) is 9.47 Å². The molecule has 11 unspecified atom stereocenters. The molecule has 5 nitrogen and oxygen atoms in total. The van der Waals surface area contributed by atoms with E-state index in [1.807, 2.05) is 0 Å². The lowest BCUT2D eigenvalue weighted by Gasteiger charge is -2.59. The van der Waals surface area contributed by atoms with E-state index in [9.17, 15) is 14.4 Å². The molecule has 6 rings (SSSR count). The Bertz CT molecular complexity index is 871. The fraction of sp³-hybridized carbons (Fsp3) is 0.889. The van der Waals surface area contributed by atoms with Crippen molar-refractivity contribution < 1.29 is 23.9 Å². The van der Waals surface area contributed by atoms with Gasteiger partial charge in [0, 0.05) is 55.3 Å². The van der Waals surface area contributed by atoms with Crippen LogP contribution in [0.25, 0.3) is 0 Å². The Morgan fingerprint density at radius 1 is 0.969 bits per heavy atom. The smallest absolute Gasteiger partial charge is 0.171 e. The number of Topliss-reactive ketones (excluding diaryl/α,β-unsaturated/α-hetero) is 3. The number of ketones is 3. The molecule has 2 heterocycles. The lowest BCUT2D eigenvalue weighted by Crippen LogP contribution is -2.60. The van der Waals surface area contributed by atoms with Gasteiger partial charge < -0.3 is 9.47 Å². The molecule has 0 radical (unpaired) electrons. The molecule has 6 fully saturated rings.